The zero-order chi connectivity index (χ0) is 19.3. The first-order valence-corrected chi connectivity index (χ1v) is 8.01. The Labute approximate surface area is 152 Å². The van der Waals surface area contributed by atoms with Crippen molar-refractivity contribution < 1.29 is 18.0 Å². The molecule has 3 rings (SSSR count). The second kappa shape index (κ2) is 7.86. The highest BCUT2D eigenvalue weighted by Crippen LogP contribution is 2.29. The summed E-state index contributed by atoms with van der Waals surface area (Å²) in [5.41, 5.74) is 0.434. The lowest BCUT2D eigenvalue weighted by molar-refractivity contribution is -0.137. The Kier molecular flexibility index (Phi) is 5.35. The number of urea groups is 1. The predicted octanol–water partition coefficient (Wildman–Crippen LogP) is 3.70. The Morgan fingerprint density at radius 3 is 2.52 bits per heavy atom. The Morgan fingerprint density at radius 2 is 1.85 bits per heavy atom. The number of alkyl halides is 3. The van der Waals surface area contributed by atoms with Crippen molar-refractivity contribution in [3.63, 3.8) is 0 Å². The van der Waals surface area contributed by atoms with Gasteiger partial charge in [-0.1, -0.05) is 30.3 Å². The number of amides is 2. The van der Waals surface area contributed by atoms with Gasteiger partial charge in [-0.15, -0.1) is 0 Å². The summed E-state index contributed by atoms with van der Waals surface area (Å²) in [5, 5.41) is 6.98. The molecular formula is C19H15F3N4O. The van der Waals surface area contributed by atoms with Crippen molar-refractivity contribution in [2.75, 3.05) is 0 Å². The van der Waals surface area contributed by atoms with Crippen LogP contribution in [-0.2, 0) is 12.7 Å². The molecule has 27 heavy (non-hydrogen) atoms. The van der Waals surface area contributed by atoms with Gasteiger partial charge < -0.3 is 5.32 Å². The van der Waals surface area contributed by atoms with Crippen LogP contribution in [-0.4, -0.2) is 15.8 Å². The van der Waals surface area contributed by atoms with Crippen LogP contribution in [0.3, 0.4) is 0 Å². The number of nitrogens with one attached hydrogen (secondary N) is 1. The first-order valence-electron chi connectivity index (χ1n) is 8.01. The zero-order valence-electron chi connectivity index (χ0n) is 14.0. The van der Waals surface area contributed by atoms with Crippen molar-refractivity contribution in [2.45, 2.75) is 12.7 Å². The maximum absolute atomic E-state index is 12.7. The lowest BCUT2D eigenvalue weighted by atomic mass is 10.1. The number of hydrogen-bond acceptors (Lipinski definition) is 2. The average Bonchev–Trinajstić information content (AvgIpc) is 2.67. The van der Waals surface area contributed by atoms with Crippen molar-refractivity contribution in [1.82, 2.24) is 15.1 Å². The summed E-state index contributed by atoms with van der Waals surface area (Å²) in [6, 6.07) is 15.1. The normalized spacial score (nSPS) is 12.0. The van der Waals surface area contributed by atoms with Gasteiger partial charge in [-0.05, 0) is 35.9 Å². The van der Waals surface area contributed by atoms with Crippen LogP contribution in [0.25, 0.3) is 5.69 Å². The molecule has 0 saturated heterocycles. The van der Waals surface area contributed by atoms with E-state index in [0.717, 1.165) is 17.8 Å². The second-order valence-electron chi connectivity index (χ2n) is 5.63. The second-order valence-corrected chi connectivity index (χ2v) is 5.63. The molecule has 1 aromatic heterocycles. The van der Waals surface area contributed by atoms with Crippen molar-refractivity contribution in [1.29, 1.82) is 0 Å². The lowest BCUT2D eigenvalue weighted by Crippen LogP contribution is -2.22. The van der Waals surface area contributed by atoms with Crippen LogP contribution in [0.2, 0.25) is 0 Å². The molecule has 2 amide bonds. The Bertz CT molecular complexity index is 977. The third-order valence-electron chi connectivity index (χ3n) is 3.65. The SMILES string of the molecule is O=C(/N=c1\ccn(-c2ccccc2)nc1)NCc1cccc(C(F)(F)F)c1. The van der Waals surface area contributed by atoms with Gasteiger partial charge in [0.15, 0.2) is 0 Å². The van der Waals surface area contributed by atoms with Gasteiger partial charge in [-0.2, -0.15) is 23.3 Å². The summed E-state index contributed by atoms with van der Waals surface area (Å²) in [7, 11) is 0. The molecule has 8 heteroatoms. The molecule has 2 aromatic carbocycles. The van der Waals surface area contributed by atoms with Crippen LogP contribution < -0.4 is 10.7 Å². The van der Waals surface area contributed by atoms with E-state index in [4.69, 9.17) is 0 Å². The van der Waals surface area contributed by atoms with E-state index in [1.807, 2.05) is 30.3 Å². The molecule has 5 nitrogen and oxygen atoms in total. The molecule has 3 aromatic rings. The predicted molar refractivity (Wildman–Crippen MR) is 92.8 cm³/mol. The molecule has 0 atom stereocenters. The number of rotatable bonds is 3. The first kappa shape index (κ1) is 18.4. The number of benzene rings is 2. The number of hydrogen-bond donors (Lipinski definition) is 1. The molecule has 0 bridgehead atoms. The molecule has 1 heterocycles. The lowest BCUT2D eigenvalue weighted by Gasteiger charge is -2.08. The van der Waals surface area contributed by atoms with E-state index >= 15 is 0 Å². The molecule has 0 aliphatic carbocycles. The highest BCUT2D eigenvalue weighted by atomic mass is 19.4. The third kappa shape index (κ3) is 5.04. The minimum atomic E-state index is -4.42. The number of halogens is 3. The quantitative estimate of drug-likeness (QED) is 0.762. The fraction of sp³-hybridized carbons (Fsp3) is 0.105. The average molecular weight is 372 g/mol. The van der Waals surface area contributed by atoms with Crippen LogP contribution in [0.15, 0.2) is 78.0 Å². The van der Waals surface area contributed by atoms with Crippen LogP contribution >= 0.6 is 0 Å². The fourth-order valence-electron chi connectivity index (χ4n) is 2.34. The number of nitrogens with zero attached hydrogens (tertiary/aromatic N) is 3. The summed E-state index contributed by atoms with van der Waals surface area (Å²) in [6.45, 7) is -0.0590. The molecule has 0 aliphatic heterocycles. The largest absolute Gasteiger partial charge is 0.416 e. The van der Waals surface area contributed by atoms with E-state index in [2.05, 4.69) is 15.4 Å². The van der Waals surface area contributed by atoms with Gasteiger partial charge in [0.1, 0.15) is 0 Å². The van der Waals surface area contributed by atoms with Crippen LogP contribution in [0.5, 0.6) is 0 Å². The molecule has 138 valence electrons. The summed E-state index contributed by atoms with van der Waals surface area (Å²) < 4.78 is 39.7. The standard InChI is InChI=1S/C19H15F3N4O/c20-19(21,22)15-6-4-5-14(11-15)12-23-18(27)25-16-9-10-26(24-13-16)17-7-2-1-3-8-17/h1-11,13H,12H2,(H,23,27)/b25-16+. The minimum Gasteiger partial charge on any atom is -0.332 e. The minimum absolute atomic E-state index is 0.0590. The summed E-state index contributed by atoms with van der Waals surface area (Å²) >= 11 is 0. The Balaban J connectivity index is 1.65. The molecule has 0 saturated carbocycles. The molecule has 0 spiro atoms. The van der Waals surface area contributed by atoms with Crippen molar-refractivity contribution in [2.24, 2.45) is 4.99 Å². The van der Waals surface area contributed by atoms with E-state index in [9.17, 15) is 18.0 Å². The van der Waals surface area contributed by atoms with Gasteiger partial charge in [-0.25, -0.2) is 9.48 Å². The summed E-state index contributed by atoms with van der Waals surface area (Å²) in [6.07, 6.45) is -1.33. The highest BCUT2D eigenvalue weighted by molar-refractivity contribution is 5.74. The number of aromatic nitrogens is 2. The maximum atomic E-state index is 12.7. The number of para-hydroxylation sites is 1. The molecule has 0 aliphatic rings. The van der Waals surface area contributed by atoms with Crippen molar-refractivity contribution in [3.05, 3.63) is 89.5 Å². The molecule has 1 N–H and O–H groups in total. The van der Waals surface area contributed by atoms with Crippen LogP contribution in [0.1, 0.15) is 11.1 Å². The molecule has 0 unspecified atom stereocenters. The topological polar surface area (TPSA) is 59.3 Å². The van der Waals surface area contributed by atoms with E-state index < -0.39 is 17.8 Å². The van der Waals surface area contributed by atoms with Crippen molar-refractivity contribution >= 4 is 6.03 Å². The van der Waals surface area contributed by atoms with Gasteiger partial charge in [0.05, 0.1) is 22.8 Å². The monoisotopic (exact) mass is 372 g/mol. The number of carbonyl (C=O) groups is 1. The van der Waals surface area contributed by atoms with Crippen molar-refractivity contribution in [3.8, 4) is 5.69 Å². The molecular weight excluding hydrogens is 357 g/mol. The van der Waals surface area contributed by atoms with Crippen LogP contribution in [0.4, 0.5) is 18.0 Å². The maximum Gasteiger partial charge on any atom is 0.416 e. The summed E-state index contributed by atoms with van der Waals surface area (Å²) in [4.78, 5) is 15.7. The molecule has 0 fully saturated rings. The van der Waals surface area contributed by atoms with E-state index in [1.54, 1.807) is 16.9 Å². The van der Waals surface area contributed by atoms with Gasteiger partial charge >= 0.3 is 12.2 Å². The number of carbonyl (C=O) groups excluding carboxylic acids is 1. The fourth-order valence-corrected chi connectivity index (χ4v) is 2.34. The van der Waals surface area contributed by atoms with Gasteiger partial charge in [0.2, 0.25) is 0 Å². The smallest absolute Gasteiger partial charge is 0.332 e. The first-order chi connectivity index (χ1) is 12.9. The van der Waals surface area contributed by atoms with E-state index in [-0.39, 0.29) is 6.54 Å². The molecule has 0 radical (unpaired) electrons. The Morgan fingerprint density at radius 1 is 1.07 bits per heavy atom. The van der Waals surface area contributed by atoms with Gasteiger partial charge in [0.25, 0.3) is 0 Å². The highest BCUT2D eigenvalue weighted by Gasteiger charge is 2.30. The van der Waals surface area contributed by atoms with Gasteiger partial charge in [0, 0.05) is 12.7 Å². The van der Waals surface area contributed by atoms with Crippen LogP contribution in [0, 0.1) is 0 Å². The zero-order valence-corrected chi connectivity index (χ0v) is 14.0. The Hall–Kier alpha value is -3.42. The van der Waals surface area contributed by atoms with Gasteiger partial charge in [-0.3, -0.25) is 0 Å². The third-order valence-corrected chi connectivity index (χ3v) is 3.65. The summed E-state index contributed by atoms with van der Waals surface area (Å²) in [5.74, 6) is 0. The van der Waals surface area contributed by atoms with E-state index in [0.29, 0.717) is 10.9 Å². The van der Waals surface area contributed by atoms with E-state index in [1.165, 1.54) is 18.3 Å².